The monoisotopic (exact) mass is 271 g/mol. The number of hydrogen-bond acceptors (Lipinski definition) is 5. The van der Waals surface area contributed by atoms with Gasteiger partial charge in [0.1, 0.15) is 11.6 Å². The van der Waals surface area contributed by atoms with Crippen LogP contribution in [0.2, 0.25) is 0 Å². The summed E-state index contributed by atoms with van der Waals surface area (Å²) in [5.74, 6) is 1.76. The van der Waals surface area contributed by atoms with Gasteiger partial charge in [-0.25, -0.2) is 0 Å². The van der Waals surface area contributed by atoms with Gasteiger partial charge in [0.05, 0.1) is 0 Å². The minimum Gasteiger partial charge on any atom is -0.370 e. The highest BCUT2D eigenvalue weighted by atomic mass is 15.1. The van der Waals surface area contributed by atoms with Gasteiger partial charge in [0, 0.05) is 19.2 Å². The van der Waals surface area contributed by atoms with Crippen molar-refractivity contribution in [2.75, 3.05) is 22.9 Å². The van der Waals surface area contributed by atoms with Crippen LogP contribution in [0.4, 0.5) is 17.6 Å². The molecular weight excluding hydrogens is 250 g/mol. The summed E-state index contributed by atoms with van der Waals surface area (Å²) in [6, 6.07) is 10.3. The molecule has 0 bridgehead atoms. The molecule has 0 radical (unpaired) electrons. The molecule has 0 saturated carbocycles. The molecule has 4 N–H and O–H groups in total. The Bertz CT molecular complexity index is 551. The van der Waals surface area contributed by atoms with E-state index in [1.165, 1.54) is 11.1 Å². The Morgan fingerprint density at radius 2 is 1.70 bits per heavy atom. The summed E-state index contributed by atoms with van der Waals surface area (Å²) in [5.41, 5.74) is 8.18. The van der Waals surface area contributed by atoms with E-state index in [4.69, 9.17) is 5.73 Å². The van der Waals surface area contributed by atoms with E-state index >= 15 is 0 Å². The Kier molecular flexibility index (Phi) is 4.76. The third-order valence-corrected chi connectivity index (χ3v) is 2.89. The molecule has 0 aliphatic carbocycles. The van der Waals surface area contributed by atoms with Crippen LogP contribution in [0.15, 0.2) is 30.3 Å². The van der Waals surface area contributed by atoms with Crippen LogP contribution in [-0.4, -0.2) is 16.5 Å². The van der Waals surface area contributed by atoms with Crippen LogP contribution < -0.4 is 16.4 Å². The maximum Gasteiger partial charge on any atom is 0.223 e. The fourth-order valence-corrected chi connectivity index (χ4v) is 1.80. The van der Waals surface area contributed by atoms with Crippen molar-refractivity contribution in [2.24, 2.45) is 0 Å². The molecule has 0 aliphatic rings. The Morgan fingerprint density at radius 1 is 1.05 bits per heavy atom. The molecule has 0 fully saturated rings. The van der Waals surface area contributed by atoms with Crippen LogP contribution in [0.1, 0.15) is 24.5 Å². The number of aromatic nitrogens is 2. The highest BCUT2D eigenvalue weighted by Crippen LogP contribution is 2.14. The molecule has 0 saturated heterocycles. The zero-order chi connectivity index (χ0) is 14.4. The number of anilines is 3. The summed E-state index contributed by atoms with van der Waals surface area (Å²) in [7, 11) is 0. The number of rotatable bonds is 6. The summed E-state index contributed by atoms with van der Waals surface area (Å²) in [5, 5.41) is 6.48. The van der Waals surface area contributed by atoms with Crippen LogP contribution >= 0.6 is 0 Å². The third-order valence-electron chi connectivity index (χ3n) is 2.89. The molecule has 5 nitrogen and oxygen atoms in total. The fourth-order valence-electron chi connectivity index (χ4n) is 1.80. The van der Waals surface area contributed by atoms with Gasteiger partial charge in [-0.3, -0.25) is 0 Å². The Balaban J connectivity index is 2.01. The van der Waals surface area contributed by atoms with Crippen molar-refractivity contribution in [3.63, 3.8) is 0 Å². The largest absolute Gasteiger partial charge is 0.370 e. The Labute approximate surface area is 119 Å². The van der Waals surface area contributed by atoms with Crippen LogP contribution in [-0.2, 0) is 6.54 Å². The average Bonchev–Trinajstić information content (AvgIpc) is 2.44. The second-order valence-corrected chi connectivity index (χ2v) is 4.76. The molecule has 1 heterocycles. The topological polar surface area (TPSA) is 75.9 Å². The zero-order valence-corrected chi connectivity index (χ0v) is 12.0. The molecule has 5 heteroatoms. The lowest BCUT2D eigenvalue weighted by Gasteiger charge is -2.09. The van der Waals surface area contributed by atoms with Gasteiger partial charge in [0.2, 0.25) is 5.95 Å². The predicted molar refractivity (Wildman–Crippen MR) is 83.7 cm³/mol. The second kappa shape index (κ2) is 6.75. The first-order valence-electron chi connectivity index (χ1n) is 6.85. The highest BCUT2D eigenvalue weighted by Gasteiger charge is 2.02. The number of nitrogen functional groups attached to an aromatic ring is 1. The number of nitrogens with zero attached hydrogens (tertiary/aromatic N) is 2. The molecule has 20 heavy (non-hydrogen) atoms. The van der Waals surface area contributed by atoms with E-state index < -0.39 is 0 Å². The van der Waals surface area contributed by atoms with Crippen molar-refractivity contribution in [1.82, 2.24) is 9.97 Å². The average molecular weight is 271 g/mol. The van der Waals surface area contributed by atoms with Gasteiger partial charge >= 0.3 is 0 Å². The zero-order valence-electron chi connectivity index (χ0n) is 12.0. The summed E-state index contributed by atoms with van der Waals surface area (Å²) in [4.78, 5) is 8.34. The van der Waals surface area contributed by atoms with E-state index in [1.807, 2.05) is 6.07 Å². The molecule has 0 aliphatic heterocycles. The van der Waals surface area contributed by atoms with E-state index in [-0.39, 0.29) is 5.95 Å². The first-order valence-corrected chi connectivity index (χ1v) is 6.85. The van der Waals surface area contributed by atoms with Gasteiger partial charge in [-0.2, -0.15) is 9.97 Å². The molecule has 0 amide bonds. The van der Waals surface area contributed by atoms with E-state index in [0.29, 0.717) is 6.54 Å². The Hall–Kier alpha value is -2.30. The van der Waals surface area contributed by atoms with Crippen LogP contribution in [0.3, 0.4) is 0 Å². The molecular formula is C15H21N5. The van der Waals surface area contributed by atoms with E-state index in [9.17, 15) is 0 Å². The summed E-state index contributed by atoms with van der Waals surface area (Å²) >= 11 is 0. The van der Waals surface area contributed by atoms with Crippen molar-refractivity contribution >= 4 is 17.6 Å². The number of aryl methyl sites for hydroxylation is 1. The summed E-state index contributed by atoms with van der Waals surface area (Å²) in [6.45, 7) is 5.76. The van der Waals surface area contributed by atoms with Gasteiger partial charge in [-0.15, -0.1) is 0 Å². The maximum atomic E-state index is 5.72. The first-order chi connectivity index (χ1) is 9.67. The number of benzene rings is 1. The van der Waals surface area contributed by atoms with Gasteiger partial charge in [0.15, 0.2) is 0 Å². The first kappa shape index (κ1) is 14.1. The molecule has 1 aromatic carbocycles. The van der Waals surface area contributed by atoms with Gasteiger partial charge in [-0.05, 0) is 18.9 Å². The van der Waals surface area contributed by atoms with E-state index in [2.05, 4.69) is 58.7 Å². The standard InChI is InChI=1S/C15H21N5/c1-3-8-17-13-9-14(20-15(16)19-13)18-10-12-6-4-11(2)5-7-12/h4-7,9H,3,8,10H2,1-2H3,(H4,16,17,18,19,20). The highest BCUT2D eigenvalue weighted by molar-refractivity contribution is 5.51. The normalized spacial score (nSPS) is 10.3. The molecule has 0 atom stereocenters. The van der Waals surface area contributed by atoms with Crippen molar-refractivity contribution < 1.29 is 0 Å². The second-order valence-electron chi connectivity index (χ2n) is 4.76. The van der Waals surface area contributed by atoms with Gasteiger partial charge in [-0.1, -0.05) is 36.8 Å². The minimum absolute atomic E-state index is 0.275. The quantitative estimate of drug-likeness (QED) is 0.753. The lowest BCUT2D eigenvalue weighted by atomic mass is 10.1. The molecule has 1 aromatic heterocycles. The SMILES string of the molecule is CCCNc1cc(NCc2ccc(C)cc2)nc(N)n1. The fraction of sp³-hybridized carbons (Fsp3) is 0.333. The van der Waals surface area contributed by atoms with Crippen LogP contribution in [0, 0.1) is 6.92 Å². The van der Waals surface area contributed by atoms with Crippen LogP contribution in [0.25, 0.3) is 0 Å². The van der Waals surface area contributed by atoms with E-state index in [1.54, 1.807) is 0 Å². The summed E-state index contributed by atoms with van der Waals surface area (Å²) < 4.78 is 0. The van der Waals surface area contributed by atoms with Crippen molar-refractivity contribution in [3.8, 4) is 0 Å². The minimum atomic E-state index is 0.275. The number of hydrogen-bond donors (Lipinski definition) is 3. The van der Waals surface area contributed by atoms with E-state index in [0.717, 1.165) is 24.6 Å². The summed E-state index contributed by atoms with van der Waals surface area (Å²) in [6.07, 6.45) is 1.04. The molecule has 0 spiro atoms. The molecule has 0 unspecified atom stereocenters. The number of nitrogens with one attached hydrogen (secondary N) is 2. The van der Waals surface area contributed by atoms with Crippen molar-refractivity contribution in [1.29, 1.82) is 0 Å². The third kappa shape index (κ3) is 4.12. The molecule has 106 valence electrons. The molecule has 2 rings (SSSR count). The predicted octanol–water partition coefficient (Wildman–Crippen LogP) is 2.80. The van der Waals surface area contributed by atoms with Gasteiger partial charge < -0.3 is 16.4 Å². The van der Waals surface area contributed by atoms with Crippen molar-refractivity contribution in [3.05, 3.63) is 41.5 Å². The lowest BCUT2D eigenvalue weighted by Crippen LogP contribution is -2.08. The smallest absolute Gasteiger partial charge is 0.223 e. The van der Waals surface area contributed by atoms with Gasteiger partial charge in [0.25, 0.3) is 0 Å². The molecule has 2 aromatic rings. The Morgan fingerprint density at radius 3 is 2.35 bits per heavy atom. The lowest BCUT2D eigenvalue weighted by molar-refractivity contribution is 0.965. The van der Waals surface area contributed by atoms with Crippen molar-refractivity contribution in [2.45, 2.75) is 26.8 Å². The number of nitrogens with two attached hydrogens (primary N) is 1. The van der Waals surface area contributed by atoms with Crippen LogP contribution in [0.5, 0.6) is 0 Å². The maximum absolute atomic E-state index is 5.72.